The van der Waals surface area contributed by atoms with Gasteiger partial charge in [0.15, 0.2) is 0 Å². The molecule has 1 aromatic carbocycles. The quantitative estimate of drug-likeness (QED) is 0.606. The van der Waals surface area contributed by atoms with E-state index < -0.39 is 0 Å². The Morgan fingerprint density at radius 1 is 1.29 bits per heavy atom. The highest BCUT2D eigenvalue weighted by molar-refractivity contribution is 5.82. The van der Waals surface area contributed by atoms with Crippen LogP contribution in [0.4, 0.5) is 0 Å². The molecule has 0 amide bonds. The van der Waals surface area contributed by atoms with Crippen LogP contribution in [0.5, 0.6) is 0 Å². The fraction of sp³-hybridized carbons (Fsp3) is 0.357. The van der Waals surface area contributed by atoms with Crippen LogP contribution in [-0.2, 0) is 16.1 Å². The fourth-order valence-corrected chi connectivity index (χ4v) is 1.42. The van der Waals surface area contributed by atoms with E-state index in [1.165, 1.54) is 11.6 Å². The molecule has 0 aliphatic heterocycles. The van der Waals surface area contributed by atoms with Gasteiger partial charge in [0, 0.05) is 18.3 Å². The summed E-state index contributed by atoms with van der Waals surface area (Å²) in [5.41, 5.74) is 2.09. The average molecular weight is 233 g/mol. The highest BCUT2D eigenvalue weighted by atomic mass is 16.5. The second-order valence-electron chi connectivity index (χ2n) is 3.61. The minimum absolute atomic E-state index is 0.287. The van der Waals surface area contributed by atoms with E-state index in [1.54, 1.807) is 6.92 Å². The van der Waals surface area contributed by atoms with Gasteiger partial charge in [-0.05, 0) is 18.9 Å². The van der Waals surface area contributed by atoms with Crippen molar-refractivity contribution in [1.82, 2.24) is 5.32 Å². The third kappa shape index (κ3) is 5.20. The van der Waals surface area contributed by atoms with Gasteiger partial charge in [-0.25, -0.2) is 4.79 Å². The third-order valence-electron chi connectivity index (χ3n) is 2.32. The van der Waals surface area contributed by atoms with E-state index in [2.05, 4.69) is 5.32 Å². The molecule has 0 radical (unpaired) electrons. The number of allylic oxidation sites excluding steroid dienone is 1. The van der Waals surface area contributed by atoms with Crippen LogP contribution in [0.2, 0.25) is 0 Å². The molecule has 3 heteroatoms. The number of carbonyl (C=O) groups excluding carboxylic acids is 1. The summed E-state index contributed by atoms with van der Waals surface area (Å²) in [4.78, 5) is 11.3. The van der Waals surface area contributed by atoms with Crippen molar-refractivity contribution in [3.05, 3.63) is 47.7 Å². The fourth-order valence-electron chi connectivity index (χ4n) is 1.42. The first-order valence-electron chi connectivity index (χ1n) is 5.91. The van der Waals surface area contributed by atoms with Crippen LogP contribution in [0, 0.1) is 0 Å². The molecule has 0 saturated carbocycles. The molecule has 0 aliphatic rings. The molecule has 1 aromatic rings. The number of carbonyl (C=O) groups is 1. The van der Waals surface area contributed by atoms with Gasteiger partial charge in [-0.1, -0.05) is 37.3 Å². The zero-order valence-corrected chi connectivity index (χ0v) is 10.4. The lowest BCUT2D eigenvalue weighted by molar-refractivity contribution is -0.137. The van der Waals surface area contributed by atoms with Crippen LogP contribution in [0.3, 0.4) is 0 Å². The monoisotopic (exact) mass is 233 g/mol. The van der Waals surface area contributed by atoms with Gasteiger partial charge in [0.1, 0.15) is 0 Å². The SMILES string of the molecule is CCOC(=O)/C=C(/CC)NCc1ccccc1. The van der Waals surface area contributed by atoms with Crippen molar-refractivity contribution in [2.75, 3.05) is 6.61 Å². The Kier molecular flexibility index (Phi) is 5.86. The normalized spacial score (nSPS) is 11.1. The minimum Gasteiger partial charge on any atom is -0.463 e. The van der Waals surface area contributed by atoms with E-state index in [4.69, 9.17) is 4.74 Å². The van der Waals surface area contributed by atoms with Gasteiger partial charge in [0.05, 0.1) is 6.61 Å². The van der Waals surface area contributed by atoms with Crippen molar-refractivity contribution in [3.8, 4) is 0 Å². The van der Waals surface area contributed by atoms with E-state index >= 15 is 0 Å². The zero-order chi connectivity index (χ0) is 12.5. The molecule has 1 N–H and O–H groups in total. The van der Waals surface area contributed by atoms with Crippen LogP contribution in [0.1, 0.15) is 25.8 Å². The van der Waals surface area contributed by atoms with Crippen molar-refractivity contribution in [2.45, 2.75) is 26.8 Å². The van der Waals surface area contributed by atoms with Crippen LogP contribution in [-0.4, -0.2) is 12.6 Å². The molecule has 0 bridgehead atoms. The number of hydrogen-bond acceptors (Lipinski definition) is 3. The van der Waals surface area contributed by atoms with Crippen molar-refractivity contribution >= 4 is 5.97 Å². The first kappa shape index (κ1) is 13.3. The third-order valence-corrected chi connectivity index (χ3v) is 2.32. The van der Waals surface area contributed by atoms with Gasteiger partial charge in [-0.15, -0.1) is 0 Å². The molecule has 0 atom stereocenters. The Morgan fingerprint density at radius 3 is 2.59 bits per heavy atom. The number of nitrogens with one attached hydrogen (secondary N) is 1. The van der Waals surface area contributed by atoms with Gasteiger partial charge >= 0.3 is 5.97 Å². The molecule has 0 saturated heterocycles. The Morgan fingerprint density at radius 2 is 2.00 bits per heavy atom. The van der Waals surface area contributed by atoms with Crippen molar-refractivity contribution < 1.29 is 9.53 Å². The Bertz CT molecular complexity index is 371. The predicted molar refractivity (Wildman–Crippen MR) is 68.3 cm³/mol. The molecule has 1 rings (SSSR count). The summed E-state index contributed by atoms with van der Waals surface area (Å²) in [7, 11) is 0. The van der Waals surface area contributed by atoms with Crippen LogP contribution < -0.4 is 5.32 Å². The zero-order valence-electron chi connectivity index (χ0n) is 10.4. The standard InChI is InChI=1S/C14H19NO2/c1-3-13(10-14(16)17-4-2)15-11-12-8-6-5-7-9-12/h5-10,15H,3-4,11H2,1-2H3/b13-10-. The van der Waals surface area contributed by atoms with Gasteiger partial charge in [0.25, 0.3) is 0 Å². The number of hydrogen-bond donors (Lipinski definition) is 1. The summed E-state index contributed by atoms with van der Waals surface area (Å²) in [5, 5.41) is 3.24. The molecular formula is C14H19NO2. The Balaban J connectivity index is 2.50. The highest BCUT2D eigenvalue weighted by Crippen LogP contribution is 2.02. The van der Waals surface area contributed by atoms with E-state index in [1.807, 2.05) is 37.3 Å². The second kappa shape index (κ2) is 7.49. The van der Waals surface area contributed by atoms with Crippen LogP contribution in [0.25, 0.3) is 0 Å². The van der Waals surface area contributed by atoms with Crippen molar-refractivity contribution in [2.24, 2.45) is 0 Å². The first-order valence-corrected chi connectivity index (χ1v) is 5.91. The van der Waals surface area contributed by atoms with Crippen LogP contribution in [0.15, 0.2) is 42.1 Å². The van der Waals surface area contributed by atoms with Gasteiger partial charge in [-0.2, -0.15) is 0 Å². The van der Waals surface area contributed by atoms with Crippen molar-refractivity contribution in [1.29, 1.82) is 0 Å². The molecule has 0 aliphatic carbocycles. The first-order chi connectivity index (χ1) is 8.26. The maximum Gasteiger partial charge on any atom is 0.332 e. The minimum atomic E-state index is -0.287. The van der Waals surface area contributed by atoms with Crippen LogP contribution >= 0.6 is 0 Å². The van der Waals surface area contributed by atoms with E-state index in [0.29, 0.717) is 6.61 Å². The summed E-state index contributed by atoms with van der Waals surface area (Å²) in [5.74, 6) is -0.287. The smallest absolute Gasteiger partial charge is 0.332 e. The number of rotatable bonds is 6. The van der Waals surface area contributed by atoms with Gasteiger partial charge < -0.3 is 10.1 Å². The molecule has 17 heavy (non-hydrogen) atoms. The molecular weight excluding hydrogens is 214 g/mol. The Hall–Kier alpha value is -1.77. The average Bonchev–Trinajstić information content (AvgIpc) is 2.36. The van der Waals surface area contributed by atoms with E-state index in [9.17, 15) is 4.79 Å². The topological polar surface area (TPSA) is 38.3 Å². The number of ether oxygens (including phenoxy) is 1. The Labute approximate surface area is 102 Å². The molecule has 3 nitrogen and oxygen atoms in total. The molecule has 92 valence electrons. The molecule has 0 fully saturated rings. The largest absolute Gasteiger partial charge is 0.463 e. The maximum atomic E-state index is 11.3. The summed E-state index contributed by atoms with van der Waals surface area (Å²) >= 11 is 0. The van der Waals surface area contributed by atoms with E-state index in [0.717, 1.165) is 18.7 Å². The summed E-state index contributed by atoms with van der Waals surface area (Å²) in [6.07, 6.45) is 2.30. The second-order valence-corrected chi connectivity index (χ2v) is 3.61. The number of benzene rings is 1. The van der Waals surface area contributed by atoms with E-state index in [-0.39, 0.29) is 5.97 Å². The lowest BCUT2D eigenvalue weighted by Gasteiger charge is -2.09. The summed E-state index contributed by atoms with van der Waals surface area (Å²) in [6, 6.07) is 10.1. The molecule has 0 spiro atoms. The maximum absolute atomic E-state index is 11.3. The van der Waals surface area contributed by atoms with Gasteiger partial charge in [-0.3, -0.25) is 0 Å². The highest BCUT2D eigenvalue weighted by Gasteiger charge is 2.00. The molecule has 0 aromatic heterocycles. The molecule has 0 heterocycles. The summed E-state index contributed by atoms with van der Waals surface area (Å²) in [6.45, 7) is 4.93. The van der Waals surface area contributed by atoms with Crippen molar-refractivity contribution in [3.63, 3.8) is 0 Å². The summed E-state index contributed by atoms with van der Waals surface area (Å²) < 4.78 is 4.87. The molecule has 0 unspecified atom stereocenters. The number of esters is 1. The predicted octanol–water partition coefficient (Wildman–Crippen LogP) is 2.63. The lowest BCUT2D eigenvalue weighted by Crippen LogP contribution is -2.14. The lowest BCUT2D eigenvalue weighted by atomic mass is 10.2. The van der Waals surface area contributed by atoms with Gasteiger partial charge in [0.2, 0.25) is 0 Å².